The van der Waals surface area contributed by atoms with Crippen molar-refractivity contribution in [1.82, 2.24) is 9.62 Å². The van der Waals surface area contributed by atoms with Gasteiger partial charge in [-0.3, -0.25) is 0 Å². The highest BCUT2D eigenvalue weighted by atomic mass is 32.2. The van der Waals surface area contributed by atoms with Crippen molar-refractivity contribution in [1.29, 1.82) is 0 Å². The minimum atomic E-state index is -3.38. The predicted molar refractivity (Wildman–Crippen MR) is 82.2 cm³/mol. The first-order chi connectivity index (χ1) is 9.42. The summed E-state index contributed by atoms with van der Waals surface area (Å²) in [5.74, 6) is 0.404. The molecule has 2 heterocycles. The summed E-state index contributed by atoms with van der Waals surface area (Å²) in [5.41, 5.74) is 5.51. The Bertz CT molecular complexity index is 540. The molecule has 0 aliphatic carbocycles. The first-order valence-corrected chi connectivity index (χ1v) is 9.25. The Morgan fingerprint density at radius 1 is 1.50 bits per heavy atom. The molecule has 1 saturated heterocycles. The highest BCUT2D eigenvalue weighted by molar-refractivity contribution is 7.91. The number of nitrogens with one attached hydrogen (secondary N) is 1. The lowest BCUT2D eigenvalue weighted by atomic mass is 10.1. The zero-order valence-corrected chi connectivity index (χ0v) is 13.6. The summed E-state index contributed by atoms with van der Waals surface area (Å²) in [5, 5.41) is 0. The molecule has 2 rings (SSSR count). The number of hydrogen-bond acceptors (Lipinski definition) is 5. The van der Waals surface area contributed by atoms with Crippen LogP contribution in [-0.4, -0.2) is 39.0 Å². The quantitative estimate of drug-likeness (QED) is 0.827. The topological polar surface area (TPSA) is 75.4 Å². The van der Waals surface area contributed by atoms with Crippen molar-refractivity contribution in [3.05, 3.63) is 17.0 Å². The van der Waals surface area contributed by atoms with Gasteiger partial charge in [0.15, 0.2) is 0 Å². The molecule has 1 atom stereocenters. The van der Waals surface area contributed by atoms with Crippen LogP contribution in [-0.2, 0) is 16.6 Å². The van der Waals surface area contributed by atoms with E-state index in [2.05, 4.69) is 23.5 Å². The standard InChI is InChI=1S/C13H23N3O2S2/c1-10(2)16-6-5-11(9-16)8-15-20(17,18)13-4-3-12(7-14)19-13/h3-4,10-11,15H,5-9,14H2,1-2H3. The van der Waals surface area contributed by atoms with Gasteiger partial charge in [0.25, 0.3) is 0 Å². The van der Waals surface area contributed by atoms with Gasteiger partial charge in [0.2, 0.25) is 10.0 Å². The van der Waals surface area contributed by atoms with Crippen LogP contribution in [0.25, 0.3) is 0 Å². The summed E-state index contributed by atoms with van der Waals surface area (Å²) in [6, 6.07) is 3.93. The van der Waals surface area contributed by atoms with Gasteiger partial charge >= 0.3 is 0 Å². The van der Waals surface area contributed by atoms with E-state index in [-0.39, 0.29) is 0 Å². The van der Waals surface area contributed by atoms with Crippen LogP contribution in [0.2, 0.25) is 0 Å². The van der Waals surface area contributed by atoms with Crippen LogP contribution in [0.5, 0.6) is 0 Å². The zero-order valence-electron chi connectivity index (χ0n) is 12.0. The molecule has 1 aliphatic rings. The molecule has 7 heteroatoms. The lowest BCUT2D eigenvalue weighted by molar-refractivity contribution is 0.265. The number of hydrogen-bond donors (Lipinski definition) is 2. The number of likely N-dealkylation sites (tertiary alicyclic amines) is 1. The molecule has 0 aromatic carbocycles. The average Bonchev–Trinajstić information content (AvgIpc) is 3.05. The maximum absolute atomic E-state index is 12.2. The minimum Gasteiger partial charge on any atom is -0.326 e. The molecule has 1 aromatic heterocycles. The van der Waals surface area contributed by atoms with Crippen molar-refractivity contribution in [2.45, 2.75) is 37.1 Å². The Balaban J connectivity index is 1.90. The normalized spacial score (nSPS) is 20.9. The van der Waals surface area contributed by atoms with Crippen molar-refractivity contribution in [2.24, 2.45) is 11.7 Å². The maximum atomic E-state index is 12.2. The monoisotopic (exact) mass is 317 g/mol. The molecule has 5 nitrogen and oxygen atoms in total. The fourth-order valence-electron chi connectivity index (χ4n) is 2.41. The molecule has 1 unspecified atom stereocenters. The Labute approximate surface area is 125 Å². The molecule has 1 fully saturated rings. The molecule has 0 saturated carbocycles. The van der Waals surface area contributed by atoms with E-state index < -0.39 is 10.0 Å². The smallest absolute Gasteiger partial charge is 0.250 e. The molecular weight excluding hydrogens is 294 g/mol. The zero-order chi connectivity index (χ0) is 14.8. The van der Waals surface area contributed by atoms with Crippen LogP contribution in [0.1, 0.15) is 25.1 Å². The third-order valence-corrected chi connectivity index (χ3v) is 6.74. The average molecular weight is 317 g/mol. The van der Waals surface area contributed by atoms with Crippen molar-refractivity contribution >= 4 is 21.4 Å². The van der Waals surface area contributed by atoms with E-state index in [0.717, 1.165) is 24.4 Å². The number of nitrogens with two attached hydrogens (primary N) is 1. The summed E-state index contributed by atoms with van der Waals surface area (Å²) in [6.45, 7) is 7.27. The van der Waals surface area contributed by atoms with Gasteiger partial charge in [-0.2, -0.15) is 0 Å². The van der Waals surface area contributed by atoms with E-state index in [9.17, 15) is 8.42 Å². The Hall–Kier alpha value is -0.470. The molecule has 1 aromatic rings. The van der Waals surface area contributed by atoms with E-state index in [0.29, 0.717) is 29.3 Å². The summed E-state index contributed by atoms with van der Waals surface area (Å²) >= 11 is 1.24. The van der Waals surface area contributed by atoms with Gasteiger partial charge in [0.05, 0.1) is 0 Å². The lowest BCUT2D eigenvalue weighted by Crippen LogP contribution is -2.32. The first-order valence-electron chi connectivity index (χ1n) is 6.95. The second kappa shape index (κ2) is 6.53. The van der Waals surface area contributed by atoms with E-state index >= 15 is 0 Å². The summed E-state index contributed by atoms with van der Waals surface area (Å²) in [6.07, 6.45) is 1.05. The third-order valence-electron chi connectivity index (χ3n) is 3.71. The SMILES string of the molecule is CC(C)N1CCC(CNS(=O)(=O)c2ccc(CN)s2)C1. The van der Waals surface area contributed by atoms with Crippen LogP contribution >= 0.6 is 11.3 Å². The molecule has 3 N–H and O–H groups in total. The van der Waals surface area contributed by atoms with E-state index in [1.165, 1.54) is 11.3 Å². The summed E-state index contributed by atoms with van der Waals surface area (Å²) in [7, 11) is -3.38. The van der Waals surface area contributed by atoms with E-state index in [1.807, 2.05) is 0 Å². The predicted octanol–water partition coefficient (Wildman–Crippen LogP) is 1.22. The molecular formula is C13H23N3O2S2. The fourth-order valence-corrected chi connectivity index (χ4v) is 4.80. The number of sulfonamides is 1. The second-order valence-electron chi connectivity index (χ2n) is 5.52. The summed E-state index contributed by atoms with van der Waals surface area (Å²) in [4.78, 5) is 3.27. The van der Waals surface area contributed by atoms with Gasteiger partial charge in [-0.1, -0.05) is 0 Å². The minimum absolute atomic E-state index is 0.358. The van der Waals surface area contributed by atoms with Crippen molar-refractivity contribution < 1.29 is 8.42 Å². The second-order valence-corrected chi connectivity index (χ2v) is 8.68. The van der Waals surface area contributed by atoms with E-state index in [1.54, 1.807) is 12.1 Å². The van der Waals surface area contributed by atoms with Crippen molar-refractivity contribution in [3.8, 4) is 0 Å². The van der Waals surface area contributed by atoms with Crippen LogP contribution in [0, 0.1) is 5.92 Å². The molecule has 114 valence electrons. The molecule has 20 heavy (non-hydrogen) atoms. The van der Waals surface area contributed by atoms with E-state index in [4.69, 9.17) is 5.73 Å². The Kier molecular flexibility index (Phi) is 5.19. The third kappa shape index (κ3) is 3.79. The van der Waals surface area contributed by atoms with Crippen LogP contribution in [0.3, 0.4) is 0 Å². The first kappa shape index (κ1) is 15.9. The molecule has 1 aliphatic heterocycles. The Morgan fingerprint density at radius 3 is 2.80 bits per heavy atom. The van der Waals surface area contributed by atoms with Crippen LogP contribution in [0.4, 0.5) is 0 Å². The van der Waals surface area contributed by atoms with Gasteiger partial charge < -0.3 is 10.6 Å². The van der Waals surface area contributed by atoms with Gasteiger partial charge in [0.1, 0.15) is 4.21 Å². The highest BCUT2D eigenvalue weighted by Crippen LogP contribution is 2.22. The van der Waals surface area contributed by atoms with Crippen molar-refractivity contribution in [2.75, 3.05) is 19.6 Å². The van der Waals surface area contributed by atoms with Gasteiger partial charge in [-0.15, -0.1) is 11.3 Å². The fraction of sp³-hybridized carbons (Fsp3) is 0.692. The lowest BCUT2D eigenvalue weighted by Gasteiger charge is -2.20. The highest BCUT2D eigenvalue weighted by Gasteiger charge is 2.26. The van der Waals surface area contributed by atoms with Crippen LogP contribution < -0.4 is 10.5 Å². The number of thiophene rings is 1. The van der Waals surface area contributed by atoms with Gasteiger partial charge in [0, 0.05) is 30.6 Å². The van der Waals surface area contributed by atoms with Gasteiger partial charge in [-0.05, 0) is 44.9 Å². The number of nitrogens with zero attached hydrogens (tertiary/aromatic N) is 1. The molecule has 0 amide bonds. The summed E-state index contributed by atoms with van der Waals surface area (Å²) < 4.78 is 27.4. The maximum Gasteiger partial charge on any atom is 0.250 e. The van der Waals surface area contributed by atoms with Gasteiger partial charge in [-0.25, -0.2) is 13.1 Å². The Morgan fingerprint density at radius 2 is 2.25 bits per heavy atom. The van der Waals surface area contributed by atoms with Crippen LogP contribution in [0.15, 0.2) is 16.3 Å². The molecule has 0 bridgehead atoms. The molecule has 0 spiro atoms. The van der Waals surface area contributed by atoms with Crippen molar-refractivity contribution in [3.63, 3.8) is 0 Å². The number of rotatable bonds is 6. The largest absolute Gasteiger partial charge is 0.326 e. The molecule has 0 radical (unpaired) electrons.